The number of nitrogens with one attached hydrogen (secondary N) is 3. The molecular weight excluding hydrogens is 411 g/mol. The van der Waals surface area contributed by atoms with Gasteiger partial charge in [0.2, 0.25) is 11.8 Å². The molecule has 31 heavy (non-hydrogen) atoms. The minimum atomic E-state index is -4.72. The molecule has 2 aromatic carbocycles. The number of rotatable bonds is 7. The summed E-state index contributed by atoms with van der Waals surface area (Å²) >= 11 is 0. The summed E-state index contributed by atoms with van der Waals surface area (Å²) in [5.74, 6) is -1.50. The lowest BCUT2D eigenvalue weighted by Crippen LogP contribution is -2.28. The molecule has 3 amide bonds. The number of alkyl halides is 3. The predicted molar refractivity (Wildman–Crippen MR) is 110 cm³/mol. The van der Waals surface area contributed by atoms with Gasteiger partial charge in [-0.2, -0.15) is 13.2 Å². The minimum Gasteiger partial charge on any atom is -0.352 e. The van der Waals surface area contributed by atoms with Crippen LogP contribution in [0.4, 0.5) is 24.5 Å². The van der Waals surface area contributed by atoms with Gasteiger partial charge in [-0.1, -0.05) is 18.2 Å². The monoisotopic (exact) mass is 433 g/mol. The molecule has 3 rings (SSSR count). The van der Waals surface area contributed by atoms with Crippen LogP contribution in [0.15, 0.2) is 42.5 Å². The van der Waals surface area contributed by atoms with Crippen molar-refractivity contribution in [2.45, 2.75) is 32.4 Å². The molecule has 3 N–H and O–H groups in total. The fourth-order valence-corrected chi connectivity index (χ4v) is 2.98. The number of carbonyl (C=O) groups is 3. The van der Waals surface area contributed by atoms with Crippen LogP contribution in [0.2, 0.25) is 0 Å². The molecule has 0 bridgehead atoms. The molecule has 0 heterocycles. The van der Waals surface area contributed by atoms with Gasteiger partial charge in [0, 0.05) is 30.1 Å². The number of hydrogen-bond acceptors (Lipinski definition) is 3. The highest BCUT2D eigenvalue weighted by Gasteiger charge is 2.35. The number of hydrogen-bond donors (Lipinski definition) is 3. The van der Waals surface area contributed by atoms with Crippen molar-refractivity contribution >= 4 is 29.1 Å². The van der Waals surface area contributed by atoms with Crippen LogP contribution in [0.5, 0.6) is 0 Å². The maximum atomic E-state index is 13.4. The Morgan fingerprint density at radius 1 is 1.03 bits per heavy atom. The first-order chi connectivity index (χ1) is 14.6. The third-order valence-corrected chi connectivity index (χ3v) is 4.84. The fraction of sp³-hybridized carbons (Fsp3) is 0.318. The molecule has 0 unspecified atom stereocenters. The van der Waals surface area contributed by atoms with Crippen LogP contribution in [-0.2, 0) is 15.8 Å². The van der Waals surface area contributed by atoms with Crippen LogP contribution in [0.25, 0.3) is 0 Å². The molecule has 0 saturated heterocycles. The van der Waals surface area contributed by atoms with Gasteiger partial charge in [0.15, 0.2) is 0 Å². The lowest BCUT2D eigenvalue weighted by molar-refractivity contribution is -0.137. The molecule has 0 atom stereocenters. The van der Waals surface area contributed by atoms with Crippen LogP contribution in [0.1, 0.15) is 40.7 Å². The lowest BCUT2D eigenvalue weighted by Gasteiger charge is -2.16. The topological polar surface area (TPSA) is 87.3 Å². The SMILES string of the molecule is Cc1ccccc1C(=O)NCCC(=O)Nc1ccc(NC(=O)C2CC2)cc1C(F)(F)F. The third kappa shape index (κ3) is 6.07. The van der Waals surface area contributed by atoms with Crippen LogP contribution in [0.3, 0.4) is 0 Å². The second-order valence-corrected chi connectivity index (χ2v) is 7.39. The van der Waals surface area contributed by atoms with Gasteiger partial charge in [-0.25, -0.2) is 0 Å². The van der Waals surface area contributed by atoms with Gasteiger partial charge < -0.3 is 16.0 Å². The van der Waals surface area contributed by atoms with Crippen molar-refractivity contribution in [1.29, 1.82) is 0 Å². The number of benzene rings is 2. The number of aryl methyl sites for hydroxylation is 1. The van der Waals surface area contributed by atoms with Crippen molar-refractivity contribution < 1.29 is 27.6 Å². The van der Waals surface area contributed by atoms with Gasteiger partial charge in [-0.15, -0.1) is 0 Å². The summed E-state index contributed by atoms with van der Waals surface area (Å²) in [5.41, 5.74) is -0.211. The van der Waals surface area contributed by atoms with Gasteiger partial charge >= 0.3 is 6.18 Å². The van der Waals surface area contributed by atoms with Crippen molar-refractivity contribution in [3.63, 3.8) is 0 Å². The summed E-state index contributed by atoms with van der Waals surface area (Å²) in [6.07, 6.45) is -3.46. The number of halogens is 3. The standard InChI is InChI=1S/C22H22F3N3O3/c1-13-4-2-3-5-16(13)21(31)26-11-10-19(29)28-18-9-8-15(12-17(18)22(23,24)25)27-20(30)14-6-7-14/h2-5,8-9,12,14H,6-7,10-11H2,1H3,(H,26,31)(H,27,30)(H,28,29). The van der Waals surface area contributed by atoms with Crippen LogP contribution in [-0.4, -0.2) is 24.3 Å². The molecule has 2 aromatic rings. The van der Waals surface area contributed by atoms with E-state index in [9.17, 15) is 27.6 Å². The maximum Gasteiger partial charge on any atom is 0.418 e. The van der Waals surface area contributed by atoms with Gasteiger partial charge in [0.05, 0.1) is 11.3 Å². The first-order valence-electron chi connectivity index (χ1n) is 9.81. The van der Waals surface area contributed by atoms with Gasteiger partial charge in [-0.3, -0.25) is 14.4 Å². The molecular formula is C22H22F3N3O3. The Kier molecular flexibility index (Phi) is 6.62. The summed E-state index contributed by atoms with van der Waals surface area (Å²) in [5, 5.41) is 7.28. The van der Waals surface area contributed by atoms with Crippen molar-refractivity contribution in [2.75, 3.05) is 17.2 Å². The summed E-state index contributed by atoms with van der Waals surface area (Å²) < 4.78 is 40.3. The van der Waals surface area contributed by atoms with Gasteiger partial charge in [-0.05, 0) is 49.6 Å². The van der Waals surface area contributed by atoms with E-state index in [-0.39, 0.29) is 36.4 Å². The highest BCUT2D eigenvalue weighted by atomic mass is 19.4. The summed E-state index contributed by atoms with van der Waals surface area (Å²) in [4.78, 5) is 36.1. The van der Waals surface area contributed by atoms with E-state index in [0.29, 0.717) is 5.56 Å². The Bertz CT molecular complexity index is 1000. The highest BCUT2D eigenvalue weighted by molar-refractivity contribution is 5.97. The first-order valence-corrected chi connectivity index (χ1v) is 9.81. The van der Waals surface area contributed by atoms with E-state index in [1.54, 1.807) is 31.2 Å². The molecule has 0 radical (unpaired) electrons. The summed E-state index contributed by atoms with van der Waals surface area (Å²) in [7, 11) is 0. The van der Waals surface area contributed by atoms with Crippen LogP contribution < -0.4 is 16.0 Å². The highest BCUT2D eigenvalue weighted by Crippen LogP contribution is 2.37. The lowest BCUT2D eigenvalue weighted by atomic mass is 10.1. The number of carbonyl (C=O) groups excluding carboxylic acids is 3. The Balaban J connectivity index is 1.60. The molecule has 164 valence electrons. The van der Waals surface area contributed by atoms with Crippen molar-refractivity contribution in [3.8, 4) is 0 Å². The molecule has 1 saturated carbocycles. The fourth-order valence-electron chi connectivity index (χ4n) is 2.98. The quantitative estimate of drug-likeness (QED) is 0.614. The summed E-state index contributed by atoms with van der Waals surface area (Å²) in [6, 6.07) is 10.1. The average molecular weight is 433 g/mol. The van der Waals surface area contributed by atoms with Gasteiger partial charge in [0.1, 0.15) is 0 Å². The van der Waals surface area contributed by atoms with Crippen LogP contribution >= 0.6 is 0 Å². The zero-order valence-electron chi connectivity index (χ0n) is 16.8. The van der Waals surface area contributed by atoms with E-state index >= 15 is 0 Å². The Hall–Kier alpha value is -3.36. The maximum absolute atomic E-state index is 13.4. The Morgan fingerprint density at radius 3 is 2.39 bits per heavy atom. The molecule has 0 aromatic heterocycles. The molecule has 0 aliphatic heterocycles. The number of amides is 3. The molecule has 1 fully saturated rings. The average Bonchev–Trinajstić information content (AvgIpc) is 3.54. The van der Waals surface area contributed by atoms with E-state index in [1.165, 1.54) is 6.07 Å². The molecule has 1 aliphatic rings. The van der Waals surface area contributed by atoms with Crippen molar-refractivity contribution in [2.24, 2.45) is 5.92 Å². The van der Waals surface area contributed by atoms with Crippen molar-refractivity contribution in [3.05, 3.63) is 59.2 Å². The smallest absolute Gasteiger partial charge is 0.352 e. The Morgan fingerprint density at radius 2 is 1.74 bits per heavy atom. The minimum absolute atomic E-state index is 0.0210. The second-order valence-electron chi connectivity index (χ2n) is 7.39. The number of anilines is 2. The predicted octanol–water partition coefficient (Wildman–Crippen LogP) is 4.12. The van der Waals surface area contributed by atoms with Gasteiger partial charge in [0.25, 0.3) is 5.91 Å². The van der Waals surface area contributed by atoms with E-state index in [0.717, 1.165) is 30.5 Å². The zero-order valence-corrected chi connectivity index (χ0v) is 16.8. The molecule has 6 nitrogen and oxygen atoms in total. The van der Waals surface area contributed by atoms with E-state index in [2.05, 4.69) is 16.0 Å². The first kappa shape index (κ1) is 22.3. The van der Waals surface area contributed by atoms with Crippen LogP contribution in [0, 0.1) is 12.8 Å². The molecule has 1 aliphatic carbocycles. The van der Waals surface area contributed by atoms with E-state index in [1.807, 2.05) is 0 Å². The normalized spacial score (nSPS) is 13.4. The molecule has 9 heteroatoms. The largest absolute Gasteiger partial charge is 0.418 e. The molecule has 0 spiro atoms. The second kappa shape index (κ2) is 9.20. The van der Waals surface area contributed by atoms with E-state index in [4.69, 9.17) is 0 Å². The Labute approximate surface area is 177 Å². The van der Waals surface area contributed by atoms with Crippen molar-refractivity contribution in [1.82, 2.24) is 5.32 Å². The summed E-state index contributed by atoms with van der Waals surface area (Å²) in [6.45, 7) is 1.74. The third-order valence-electron chi connectivity index (χ3n) is 4.84. The van der Waals surface area contributed by atoms with E-state index < -0.39 is 23.3 Å². The zero-order chi connectivity index (χ0) is 22.6.